The van der Waals surface area contributed by atoms with Crippen LogP contribution in [0.2, 0.25) is 0 Å². The van der Waals surface area contributed by atoms with Crippen LogP contribution in [0.15, 0.2) is 6.20 Å². The summed E-state index contributed by atoms with van der Waals surface area (Å²) < 4.78 is 5.18. The van der Waals surface area contributed by atoms with Gasteiger partial charge in [0.15, 0.2) is 0 Å². The second kappa shape index (κ2) is 6.20. The molecular formula is C11H20N2OS. The molecule has 1 rings (SSSR count). The summed E-state index contributed by atoms with van der Waals surface area (Å²) in [5, 5.41) is 4.57. The number of methoxy groups -OCH3 is 1. The number of aryl methyl sites for hydroxylation is 1. The summed E-state index contributed by atoms with van der Waals surface area (Å²) in [7, 11) is 1.73. The van der Waals surface area contributed by atoms with Crippen LogP contribution in [0.1, 0.15) is 36.7 Å². The second-order valence-corrected chi connectivity index (χ2v) is 4.84. The molecule has 0 saturated heterocycles. The van der Waals surface area contributed by atoms with Crippen molar-refractivity contribution in [1.82, 2.24) is 10.3 Å². The molecule has 0 aliphatic carbocycles. The third kappa shape index (κ3) is 3.89. The summed E-state index contributed by atoms with van der Waals surface area (Å²) in [5.74, 6) is 0. The average Bonchev–Trinajstić information content (AvgIpc) is 2.73. The lowest BCUT2D eigenvalue weighted by molar-refractivity contribution is 0.115. The van der Waals surface area contributed by atoms with Crippen molar-refractivity contribution in [3.8, 4) is 0 Å². The molecule has 0 aromatic carbocycles. The molecule has 1 aromatic rings. The Balaban J connectivity index is 2.42. The van der Waals surface area contributed by atoms with Gasteiger partial charge >= 0.3 is 0 Å². The highest BCUT2D eigenvalue weighted by Gasteiger charge is 2.10. The molecule has 0 aliphatic rings. The SMILES string of the molecule is CCc1cnc(C(C)NCC(C)OC)s1. The van der Waals surface area contributed by atoms with E-state index in [1.165, 1.54) is 4.88 Å². The molecule has 0 spiro atoms. The molecule has 1 aromatic heterocycles. The molecule has 2 atom stereocenters. The zero-order valence-corrected chi connectivity index (χ0v) is 10.7. The number of nitrogens with zero attached hydrogens (tertiary/aromatic N) is 1. The fourth-order valence-electron chi connectivity index (χ4n) is 1.20. The Hall–Kier alpha value is -0.450. The van der Waals surface area contributed by atoms with Gasteiger partial charge in [-0.25, -0.2) is 4.98 Å². The Bertz CT molecular complexity index is 288. The number of nitrogens with one attached hydrogen (secondary N) is 1. The summed E-state index contributed by atoms with van der Waals surface area (Å²) in [6.07, 6.45) is 3.29. The Morgan fingerprint density at radius 1 is 1.53 bits per heavy atom. The number of thiazole rings is 1. The predicted molar refractivity (Wildman–Crippen MR) is 64.4 cm³/mol. The third-order valence-corrected chi connectivity index (χ3v) is 3.73. The van der Waals surface area contributed by atoms with E-state index in [4.69, 9.17) is 4.74 Å². The lowest BCUT2D eigenvalue weighted by atomic mass is 10.3. The quantitative estimate of drug-likeness (QED) is 0.812. The van der Waals surface area contributed by atoms with Crippen molar-refractivity contribution in [2.45, 2.75) is 39.3 Å². The van der Waals surface area contributed by atoms with Gasteiger partial charge in [-0.1, -0.05) is 6.92 Å². The Morgan fingerprint density at radius 2 is 2.27 bits per heavy atom. The maximum atomic E-state index is 5.18. The van der Waals surface area contributed by atoms with Gasteiger partial charge in [-0.05, 0) is 20.3 Å². The first-order valence-electron chi connectivity index (χ1n) is 5.38. The van der Waals surface area contributed by atoms with Crippen molar-refractivity contribution in [3.63, 3.8) is 0 Å². The molecule has 0 aliphatic heterocycles. The lowest BCUT2D eigenvalue weighted by Gasteiger charge is -2.14. The van der Waals surface area contributed by atoms with Crippen LogP contribution in [0.25, 0.3) is 0 Å². The van der Waals surface area contributed by atoms with Gasteiger partial charge in [0.2, 0.25) is 0 Å². The maximum absolute atomic E-state index is 5.18. The van der Waals surface area contributed by atoms with Crippen LogP contribution in [0.5, 0.6) is 0 Å². The van der Waals surface area contributed by atoms with Crippen LogP contribution in [0, 0.1) is 0 Å². The summed E-state index contributed by atoms with van der Waals surface area (Å²) in [6.45, 7) is 7.21. The van der Waals surface area contributed by atoms with Gasteiger partial charge in [-0.3, -0.25) is 0 Å². The minimum Gasteiger partial charge on any atom is -0.380 e. The molecule has 0 radical (unpaired) electrons. The zero-order valence-electron chi connectivity index (χ0n) is 9.91. The molecule has 2 unspecified atom stereocenters. The van der Waals surface area contributed by atoms with E-state index in [-0.39, 0.29) is 6.10 Å². The van der Waals surface area contributed by atoms with Crippen LogP contribution in [0.4, 0.5) is 0 Å². The molecule has 86 valence electrons. The van der Waals surface area contributed by atoms with Gasteiger partial charge in [-0.15, -0.1) is 11.3 Å². The Morgan fingerprint density at radius 3 is 2.80 bits per heavy atom. The lowest BCUT2D eigenvalue weighted by Crippen LogP contribution is -2.28. The van der Waals surface area contributed by atoms with Gasteiger partial charge in [0.25, 0.3) is 0 Å². The number of ether oxygens (including phenoxy) is 1. The van der Waals surface area contributed by atoms with E-state index in [1.807, 2.05) is 6.20 Å². The van der Waals surface area contributed by atoms with E-state index in [1.54, 1.807) is 18.4 Å². The van der Waals surface area contributed by atoms with Gasteiger partial charge in [0.1, 0.15) is 5.01 Å². The van der Waals surface area contributed by atoms with E-state index in [9.17, 15) is 0 Å². The molecule has 0 saturated carbocycles. The minimum atomic E-state index is 0.248. The zero-order chi connectivity index (χ0) is 11.3. The van der Waals surface area contributed by atoms with Crippen LogP contribution in [-0.4, -0.2) is 24.7 Å². The molecule has 1 N–H and O–H groups in total. The summed E-state index contributed by atoms with van der Waals surface area (Å²) in [4.78, 5) is 5.75. The van der Waals surface area contributed by atoms with Crippen molar-refractivity contribution >= 4 is 11.3 Å². The topological polar surface area (TPSA) is 34.2 Å². The molecule has 0 fully saturated rings. The average molecular weight is 228 g/mol. The van der Waals surface area contributed by atoms with Crippen LogP contribution >= 0.6 is 11.3 Å². The van der Waals surface area contributed by atoms with Crippen LogP contribution in [-0.2, 0) is 11.2 Å². The Kier molecular flexibility index (Phi) is 5.22. The molecule has 15 heavy (non-hydrogen) atoms. The van der Waals surface area contributed by atoms with E-state index >= 15 is 0 Å². The summed E-state index contributed by atoms with van der Waals surface area (Å²) in [6, 6.07) is 0.313. The minimum absolute atomic E-state index is 0.248. The van der Waals surface area contributed by atoms with Gasteiger partial charge in [0, 0.05) is 24.7 Å². The number of rotatable bonds is 6. The fraction of sp³-hybridized carbons (Fsp3) is 0.727. The molecular weight excluding hydrogens is 208 g/mol. The van der Waals surface area contributed by atoms with Crippen molar-refractivity contribution < 1.29 is 4.74 Å². The first-order chi connectivity index (χ1) is 7.17. The molecule has 1 heterocycles. The van der Waals surface area contributed by atoms with Crippen molar-refractivity contribution in [2.75, 3.05) is 13.7 Å². The van der Waals surface area contributed by atoms with Crippen LogP contribution < -0.4 is 5.32 Å². The second-order valence-electron chi connectivity index (χ2n) is 3.69. The summed E-state index contributed by atoms with van der Waals surface area (Å²) >= 11 is 1.79. The first kappa shape index (κ1) is 12.6. The van der Waals surface area contributed by atoms with Crippen molar-refractivity contribution in [1.29, 1.82) is 0 Å². The normalized spacial score (nSPS) is 15.2. The van der Waals surface area contributed by atoms with E-state index in [2.05, 4.69) is 31.1 Å². The monoisotopic (exact) mass is 228 g/mol. The van der Waals surface area contributed by atoms with Crippen molar-refractivity contribution in [3.05, 3.63) is 16.1 Å². The standard InChI is InChI=1S/C11H20N2OS/c1-5-10-7-13-11(15-10)9(3)12-6-8(2)14-4/h7-9,12H,5-6H2,1-4H3. The van der Waals surface area contributed by atoms with E-state index < -0.39 is 0 Å². The largest absolute Gasteiger partial charge is 0.380 e. The van der Waals surface area contributed by atoms with Gasteiger partial charge in [0.05, 0.1) is 12.1 Å². The fourth-order valence-corrected chi connectivity index (χ4v) is 2.08. The predicted octanol–water partition coefficient (Wildman–Crippen LogP) is 2.39. The maximum Gasteiger partial charge on any atom is 0.109 e. The highest BCUT2D eigenvalue weighted by molar-refractivity contribution is 7.11. The van der Waals surface area contributed by atoms with Crippen LogP contribution in [0.3, 0.4) is 0 Å². The van der Waals surface area contributed by atoms with Gasteiger partial charge < -0.3 is 10.1 Å². The number of hydrogen-bond donors (Lipinski definition) is 1. The number of hydrogen-bond acceptors (Lipinski definition) is 4. The smallest absolute Gasteiger partial charge is 0.109 e. The highest BCUT2D eigenvalue weighted by Crippen LogP contribution is 2.19. The highest BCUT2D eigenvalue weighted by atomic mass is 32.1. The van der Waals surface area contributed by atoms with Crippen molar-refractivity contribution in [2.24, 2.45) is 0 Å². The molecule has 0 amide bonds. The number of aromatic nitrogens is 1. The van der Waals surface area contributed by atoms with Gasteiger partial charge in [-0.2, -0.15) is 0 Å². The van der Waals surface area contributed by atoms with E-state index in [0.717, 1.165) is 18.0 Å². The molecule has 3 nitrogen and oxygen atoms in total. The third-order valence-electron chi connectivity index (χ3n) is 2.40. The molecule has 0 bridgehead atoms. The summed E-state index contributed by atoms with van der Waals surface area (Å²) in [5.41, 5.74) is 0. The van der Waals surface area contributed by atoms with E-state index in [0.29, 0.717) is 6.04 Å². The Labute approximate surface area is 95.9 Å². The first-order valence-corrected chi connectivity index (χ1v) is 6.19. The molecule has 4 heteroatoms.